The molecule has 0 aliphatic heterocycles. The molecule has 22 heavy (non-hydrogen) atoms. The molecule has 0 bridgehead atoms. The minimum Gasteiger partial charge on any atom is -0.395 e. The second kappa shape index (κ2) is 7.86. The number of aromatic nitrogens is 2. The molecule has 0 saturated carbocycles. The van der Waals surface area contributed by atoms with E-state index in [1.54, 1.807) is 0 Å². The molecule has 1 aromatic carbocycles. The van der Waals surface area contributed by atoms with Crippen LogP contribution in [0.25, 0.3) is 0 Å². The molecule has 0 atom stereocenters. The van der Waals surface area contributed by atoms with Gasteiger partial charge in [-0.05, 0) is 12.1 Å². The summed E-state index contributed by atoms with van der Waals surface area (Å²) in [5.74, 6) is 0.113. The van der Waals surface area contributed by atoms with Crippen molar-refractivity contribution in [2.45, 2.75) is 19.8 Å². The molecule has 0 unspecified atom stereocenters. The first kappa shape index (κ1) is 16.4. The molecule has 2 rings (SSSR count). The minimum atomic E-state index is -0.177. The Bertz CT molecular complexity index is 601. The fourth-order valence-corrected chi connectivity index (χ4v) is 2.67. The van der Waals surface area contributed by atoms with Crippen molar-refractivity contribution in [3.05, 3.63) is 35.3 Å². The molecule has 1 amide bonds. The van der Waals surface area contributed by atoms with Crippen molar-refractivity contribution >= 4 is 28.1 Å². The monoisotopic (exact) mass is 320 g/mol. The van der Waals surface area contributed by atoms with Gasteiger partial charge in [0.2, 0.25) is 11.0 Å². The number of anilines is 2. The molecule has 2 aromatic rings. The van der Waals surface area contributed by atoms with E-state index in [0.29, 0.717) is 17.6 Å². The molecule has 0 aliphatic carbocycles. The van der Waals surface area contributed by atoms with Crippen LogP contribution in [0.3, 0.4) is 0 Å². The summed E-state index contributed by atoms with van der Waals surface area (Å²) >= 11 is 1.38. The highest BCUT2D eigenvalue weighted by atomic mass is 32.1. The standard InChI is InChI=1S/C15H20N4O2S/c1-11(2)14-17-18-15(22-14)16-13(21)10-19(8-9-20)12-6-4-3-5-7-12/h3-7,11,20H,8-10H2,1-2H3,(H,16,18,21). The number of aliphatic hydroxyl groups is 1. The Hall–Kier alpha value is -1.99. The van der Waals surface area contributed by atoms with Crippen LogP contribution < -0.4 is 10.2 Å². The van der Waals surface area contributed by atoms with Crippen molar-refractivity contribution < 1.29 is 9.90 Å². The highest BCUT2D eigenvalue weighted by Crippen LogP contribution is 2.22. The molecule has 6 nitrogen and oxygen atoms in total. The van der Waals surface area contributed by atoms with Gasteiger partial charge in [0.25, 0.3) is 0 Å². The van der Waals surface area contributed by atoms with Crippen molar-refractivity contribution in [1.82, 2.24) is 10.2 Å². The molecule has 0 aliphatic rings. The molecule has 0 fully saturated rings. The summed E-state index contributed by atoms with van der Waals surface area (Å²) in [7, 11) is 0. The number of rotatable bonds is 7. The smallest absolute Gasteiger partial charge is 0.245 e. The first-order valence-corrected chi connectivity index (χ1v) is 7.96. The van der Waals surface area contributed by atoms with Gasteiger partial charge >= 0.3 is 0 Å². The molecule has 118 valence electrons. The quantitative estimate of drug-likeness (QED) is 0.817. The van der Waals surface area contributed by atoms with E-state index in [-0.39, 0.29) is 19.1 Å². The van der Waals surface area contributed by atoms with Crippen LogP contribution in [0.5, 0.6) is 0 Å². The van der Waals surface area contributed by atoms with Gasteiger partial charge in [0.05, 0.1) is 13.2 Å². The lowest BCUT2D eigenvalue weighted by atomic mass is 10.2. The highest BCUT2D eigenvalue weighted by Gasteiger charge is 2.14. The predicted molar refractivity (Wildman–Crippen MR) is 88.4 cm³/mol. The maximum absolute atomic E-state index is 12.2. The predicted octanol–water partition coefficient (Wildman–Crippen LogP) is 2.10. The van der Waals surface area contributed by atoms with Gasteiger partial charge in [-0.3, -0.25) is 10.1 Å². The van der Waals surface area contributed by atoms with Crippen molar-refractivity contribution in [2.75, 3.05) is 29.9 Å². The van der Waals surface area contributed by atoms with Crippen LogP contribution in [0.4, 0.5) is 10.8 Å². The summed E-state index contributed by atoms with van der Waals surface area (Å²) < 4.78 is 0. The summed E-state index contributed by atoms with van der Waals surface area (Å²) in [5, 5.41) is 21.3. The number of amides is 1. The van der Waals surface area contributed by atoms with Crippen LogP contribution in [-0.4, -0.2) is 40.9 Å². The average Bonchev–Trinajstić information content (AvgIpc) is 2.96. The van der Waals surface area contributed by atoms with Gasteiger partial charge in [-0.25, -0.2) is 0 Å². The largest absolute Gasteiger partial charge is 0.395 e. The summed E-state index contributed by atoms with van der Waals surface area (Å²) in [6.45, 7) is 4.60. The van der Waals surface area contributed by atoms with Gasteiger partial charge < -0.3 is 10.0 Å². The molecule has 1 aromatic heterocycles. The zero-order valence-electron chi connectivity index (χ0n) is 12.7. The molecule has 2 N–H and O–H groups in total. The molecule has 0 saturated heterocycles. The van der Waals surface area contributed by atoms with Gasteiger partial charge in [0.1, 0.15) is 5.01 Å². The van der Waals surface area contributed by atoms with E-state index in [1.165, 1.54) is 11.3 Å². The summed E-state index contributed by atoms with van der Waals surface area (Å²) in [5.41, 5.74) is 0.895. The molecule has 0 spiro atoms. The van der Waals surface area contributed by atoms with Crippen molar-refractivity contribution in [3.8, 4) is 0 Å². The number of carbonyl (C=O) groups excluding carboxylic acids is 1. The number of benzene rings is 1. The number of hydrogen-bond acceptors (Lipinski definition) is 6. The van der Waals surface area contributed by atoms with Gasteiger partial charge in [-0.15, -0.1) is 10.2 Å². The fraction of sp³-hybridized carbons (Fsp3) is 0.400. The second-order valence-corrected chi connectivity index (χ2v) is 6.14. The Labute approximate surface area is 133 Å². The van der Waals surface area contributed by atoms with Crippen LogP contribution in [0, 0.1) is 0 Å². The van der Waals surface area contributed by atoms with Gasteiger partial charge in [-0.1, -0.05) is 43.4 Å². The number of hydrogen-bond donors (Lipinski definition) is 2. The Morgan fingerprint density at radius 1 is 1.32 bits per heavy atom. The maximum atomic E-state index is 12.2. The molecular formula is C15H20N4O2S. The van der Waals surface area contributed by atoms with Crippen LogP contribution in [0.15, 0.2) is 30.3 Å². The van der Waals surface area contributed by atoms with E-state index in [0.717, 1.165) is 10.7 Å². The van der Waals surface area contributed by atoms with Gasteiger partial charge in [-0.2, -0.15) is 0 Å². The number of aliphatic hydroxyl groups excluding tert-OH is 1. The Balaban J connectivity index is 1.99. The number of para-hydroxylation sites is 1. The Morgan fingerprint density at radius 2 is 2.05 bits per heavy atom. The first-order valence-electron chi connectivity index (χ1n) is 7.14. The lowest BCUT2D eigenvalue weighted by molar-refractivity contribution is -0.115. The third-order valence-electron chi connectivity index (χ3n) is 3.01. The van der Waals surface area contributed by atoms with Crippen molar-refractivity contribution in [3.63, 3.8) is 0 Å². The van der Waals surface area contributed by atoms with E-state index in [9.17, 15) is 9.90 Å². The third kappa shape index (κ3) is 4.51. The second-order valence-electron chi connectivity index (χ2n) is 5.13. The summed E-state index contributed by atoms with van der Waals surface area (Å²) in [4.78, 5) is 14.0. The average molecular weight is 320 g/mol. The minimum absolute atomic E-state index is 0.0154. The van der Waals surface area contributed by atoms with E-state index in [1.807, 2.05) is 49.1 Å². The Morgan fingerprint density at radius 3 is 2.64 bits per heavy atom. The maximum Gasteiger partial charge on any atom is 0.245 e. The van der Waals surface area contributed by atoms with Gasteiger partial charge in [0, 0.05) is 18.2 Å². The lowest BCUT2D eigenvalue weighted by Crippen LogP contribution is -2.35. The van der Waals surface area contributed by atoms with Crippen molar-refractivity contribution in [2.24, 2.45) is 0 Å². The van der Waals surface area contributed by atoms with E-state index >= 15 is 0 Å². The zero-order chi connectivity index (χ0) is 15.9. The zero-order valence-corrected chi connectivity index (χ0v) is 13.5. The molecule has 0 radical (unpaired) electrons. The van der Waals surface area contributed by atoms with E-state index in [4.69, 9.17) is 0 Å². The summed E-state index contributed by atoms with van der Waals surface area (Å²) in [6.07, 6.45) is 0. The fourth-order valence-electron chi connectivity index (χ4n) is 1.91. The number of carbonyl (C=O) groups is 1. The van der Waals surface area contributed by atoms with E-state index < -0.39 is 0 Å². The molecule has 1 heterocycles. The van der Waals surface area contributed by atoms with Gasteiger partial charge in [0.15, 0.2) is 0 Å². The number of nitrogens with zero attached hydrogens (tertiary/aromatic N) is 3. The van der Waals surface area contributed by atoms with Crippen molar-refractivity contribution in [1.29, 1.82) is 0 Å². The molecular weight excluding hydrogens is 300 g/mol. The van der Waals surface area contributed by atoms with Crippen LogP contribution in [0.2, 0.25) is 0 Å². The topological polar surface area (TPSA) is 78.4 Å². The number of nitrogens with one attached hydrogen (secondary N) is 1. The van der Waals surface area contributed by atoms with Crippen LogP contribution >= 0.6 is 11.3 Å². The lowest BCUT2D eigenvalue weighted by Gasteiger charge is -2.22. The highest BCUT2D eigenvalue weighted by molar-refractivity contribution is 7.15. The Kier molecular flexibility index (Phi) is 5.85. The van der Waals surface area contributed by atoms with Crippen LogP contribution in [-0.2, 0) is 4.79 Å². The molecule has 7 heteroatoms. The SMILES string of the molecule is CC(C)c1nnc(NC(=O)CN(CCO)c2ccccc2)s1. The van der Waals surface area contributed by atoms with E-state index in [2.05, 4.69) is 15.5 Å². The first-order chi connectivity index (χ1) is 10.6. The summed E-state index contributed by atoms with van der Waals surface area (Å²) in [6, 6.07) is 9.53. The third-order valence-corrected chi connectivity index (χ3v) is 4.15. The normalized spacial score (nSPS) is 10.7. The van der Waals surface area contributed by atoms with Crippen LogP contribution in [0.1, 0.15) is 24.8 Å².